The van der Waals surface area contributed by atoms with E-state index in [1.54, 1.807) is 19.2 Å². The molecule has 0 aliphatic heterocycles. The number of halogens is 1. The fourth-order valence-corrected chi connectivity index (χ4v) is 2.30. The molecule has 0 aromatic heterocycles. The summed E-state index contributed by atoms with van der Waals surface area (Å²) in [4.78, 5) is 24.0. The zero-order valence-corrected chi connectivity index (χ0v) is 15.1. The Hall–Kier alpha value is -2.93. The largest absolute Gasteiger partial charge is 0.497 e. The molecule has 7 nitrogen and oxygen atoms in total. The molecule has 0 fully saturated rings. The second-order valence-corrected chi connectivity index (χ2v) is 5.69. The van der Waals surface area contributed by atoms with E-state index in [1.807, 2.05) is 12.1 Å². The number of methoxy groups -OCH3 is 2. The van der Waals surface area contributed by atoms with Crippen LogP contribution < -0.4 is 20.5 Å². The number of carbonyl (C=O) groups excluding carboxylic acids is 2. The summed E-state index contributed by atoms with van der Waals surface area (Å²) in [6.07, 6.45) is 0. The molecule has 0 saturated carbocycles. The molecule has 0 aliphatic carbocycles. The molecule has 0 radical (unpaired) electrons. The van der Waals surface area contributed by atoms with Crippen molar-refractivity contribution in [2.75, 3.05) is 26.6 Å². The van der Waals surface area contributed by atoms with Crippen LogP contribution >= 0.6 is 11.6 Å². The molecule has 8 heteroatoms. The van der Waals surface area contributed by atoms with Gasteiger partial charge in [0.05, 0.1) is 24.9 Å². The predicted octanol–water partition coefficient (Wildman–Crippen LogP) is 2.41. The Labute approximate surface area is 156 Å². The lowest BCUT2D eigenvalue weighted by Gasteiger charge is -2.11. The van der Waals surface area contributed by atoms with Crippen LogP contribution in [0.15, 0.2) is 36.4 Å². The lowest BCUT2D eigenvalue weighted by Crippen LogP contribution is -2.28. The molecule has 1 amide bonds. The van der Waals surface area contributed by atoms with Crippen LogP contribution in [0, 0.1) is 0 Å². The highest BCUT2D eigenvalue weighted by Gasteiger charge is 2.17. The zero-order valence-electron chi connectivity index (χ0n) is 14.4. The van der Waals surface area contributed by atoms with E-state index in [0.29, 0.717) is 5.75 Å². The molecule has 0 saturated heterocycles. The van der Waals surface area contributed by atoms with Crippen molar-refractivity contribution in [1.82, 2.24) is 5.32 Å². The van der Waals surface area contributed by atoms with E-state index in [1.165, 1.54) is 19.2 Å². The summed E-state index contributed by atoms with van der Waals surface area (Å²) in [6.45, 7) is -0.154. The predicted molar refractivity (Wildman–Crippen MR) is 97.5 cm³/mol. The maximum atomic E-state index is 12.2. The number of ether oxygens (including phenoxy) is 3. The van der Waals surface area contributed by atoms with Crippen molar-refractivity contribution in [3.8, 4) is 11.5 Å². The van der Waals surface area contributed by atoms with E-state index in [9.17, 15) is 9.59 Å². The lowest BCUT2D eigenvalue weighted by atomic mass is 10.2. The highest BCUT2D eigenvalue weighted by molar-refractivity contribution is 6.33. The Morgan fingerprint density at radius 3 is 2.62 bits per heavy atom. The average molecular weight is 379 g/mol. The van der Waals surface area contributed by atoms with Gasteiger partial charge < -0.3 is 25.3 Å². The minimum atomic E-state index is -0.736. The summed E-state index contributed by atoms with van der Waals surface area (Å²) in [6, 6.07) is 10.0. The SMILES string of the molecule is COc1cccc(CNC(=O)COC(=O)c2cc(Cl)c(N)cc2OC)c1. The van der Waals surface area contributed by atoms with Gasteiger partial charge in [0.15, 0.2) is 6.61 Å². The highest BCUT2D eigenvalue weighted by Crippen LogP contribution is 2.29. The second kappa shape index (κ2) is 8.96. The highest BCUT2D eigenvalue weighted by atomic mass is 35.5. The number of amides is 1. The topological polar surface area (TPSA) is 99.9 Å². The van der Waals surface area contributed by atoms with Crippen molar-refractivity contribution in [3.63, 3.8) is 0 Å². The minimum Gasteiger partial charge on any atom is -0.497 e. The van der Waals surface area contributed by atoms with Crippen molar-refractivity contribution >= 4 is 29.2 Å². The normalized spacial score (nSPS) is 10.1. The van der Waals surface area contributed by atoms with Crippen molar-refractivity contribution in [2.45, 2.75) is 6.54 Å². The summed E-state index contributed by atoms with van der Waals surface area (Å²) in [5, 5.41) is 2.85. The molecule has 138 valence electrons. The molecule has 2 aromatic carbocycles. The zero-order chi connectivity index (χ0) is 19.1. The van der Waals surface area contributed by atoms with Crippen molar-refractivity contribution in [2.24, 2.45) is 0 Å². The molecule has 0 heterocycles. The molecule has 3 N–H and O–H groups in total. The molecule has 0 spiro atoms. The first-order valence-electron chi connectivity index (χ1n) is 7.64. The van der Waals surface area contributed by atoms with Gasteiger partial charge in [0.2, 0.25) is 0 Å². The fraction of sp³-hybridized carbons (Fsp3) is 0.222. The first kappa shape index (κ1) is 19.4. The van der Waals surface area contributed by atoms with Crippen molar-refractivity contribution in [1.29, 1.82) is 0 Å². The van der Waals surface area contributed by atoms with Crippen LogP contribution in [0.2, 0.25) is 5.02 Å². The number of nitrogens with two attached hydrogens (primary N) is 1. The number of carbonyl (C=O) groups is 2. The van der Waals surface area contributed by atoms with Gasteiger partial charge in [-0.05, 0) is 23.8 Å². The van der Waals surface area contributed by atoms with E-state index in [4.69, 9.17) is 31.5 Å². The smallest absolute Gasteiger partial charge is 0.342 e. The van der Waals surface area contributed by atoms with E-state index < -0.39 is 18.5 Å². The van der Waals surface area contributed by atoms with Gasteiger partial charge in [-0.2, -0.15) is 0 Å². The van der Waals surface area contributed by atoms with Gasteiger partial charge in [0.1, 0.15) is 17.1 Å². The fourth-order valence-electron chi connectivity index (χ4n) is 2.14. The summed E-state index contributed by atoms with van der Waals surface area (Å²) >= 11 is 5.91. The third-order valence-corrected chi connectivity index (χ3v) is 3.82. The number of hydrogen-bond donors (Lipinski definition) is 2. The molecule has 0 bridgehead atoms. The molecule has 2 rings (SSSR count). The van der Waals surface area contributed by atoms with Gasteiger partial charge in [-0.3, -0.25) is 4.79 Å². The monoisotopic (exact) mass is 378 g/mol. The third-order valence-electron chi connectivity index (χ3n) is 3.50. The molecule has 26 heavy (non-hydrogen) atoms. The van der Waals surface area contributed by atoms with Gasteiger partial charge in [0.25, 0.3) is 5.91 Å². The standard InChI is InChI=1S/C18H19ClN2O5/c1-24-12-5-3-4-11(6-12)9-21-17(22)10-26-18(23)13-7-14(19)15(20)8-16(13)25-2/h3-8H,9-10,20H2,1-2H3,(H,21,22). The minimum absolute atomic E-state index is 0.0901. The van der Waals surface area contributed by atoms with Gasteiger partial charge in [-0.1, -0.05) is 23.7 Å². The number of nitrogen functional groups attached to an aromatic ring is 1. The van der Waals surface area contributed by atoms with Crippen LogP contribution in [-0.4, -0.2) is 32.7 Å². The Balaban J connectivity index is 1.90. The second-order valence-electron chi connectivity index (χ2n) is 5.28. The number of rotatable bonds is 7. The van der Waals surface area contributed by atoms with Crippen LogP contribution in [-0.2, 0) is 16.1 Å². The van der Waals surface area contributed by atoms with Crippen LogP contribution in [0.3, 0.4) is 0 Å². The summed E-state index contributed by atoms with van der Waals surface area (Å²) in [5.74, 6) is -0.272. The first-order valence-corrected chi connectivity index (χ1v) is 8.02. The molecule has 0 atom stereocenters. The quantitative estimate of drug-likeness (QED) is 0.567. The maximum Gasteiger partial charge on any atom is 0.342 e. The Morgan fingerprint density at radius 2 is 1.92 bits per heavy atom. The van der Waals surface area contributed by atoms with Gasteiger partial charge >= 0.3 is 5.97 Å². The Kier molecular flexibility index (Phi) is 6.68. The van der Waals surface area contributed by atoms with E-state index in [-0.39, 0.29) is 28.6 Å². The van der Waals surface area contributed by atoms with Gasteiger partial charge in [0, 0.05) is 12.6 Å². The lowest BCUT2D eigenvalue weighted by molar-refractivity contribution is -0.124. The summed E-state index contributed by atoms with van der Waals surface area (Å²) in [5.41, 5.74) is 6.89. The number of benzene rings is 2. The van der Waals surface area contributed by atoms with E-state index in [0.717, 1.165) is 5.56 Å². The molecule has 0 aliphatic rings. The Bertz CT molecular complexity index is 810. The number of anilines is 1. The molecular weight excluding hydrogens is 360 g/mol. The van der Waals surface area contributed by atoms with Crippen molar-refractivity contribution in [3.05, 3.63) is 52.5 Å². The van der Waals surface area contributed by atoms with Crippen molar-refractivity contribution < 1.29 is 23.8 Å². The summed E-state index contributed by atoms with van der Waals surface area (Å²) < 4.78 is 15.2. The van der Waals surface area contributed by atoms with E-state index >= 15 is 0 Å². The van der Waals surface area contributed by atoms with Crippen LogP contribution in [0.25, 0.3) is 0 Å². The molecule has 0 unspecified atom stereocenters. The Morgan fingerprint density at radius 1 is 1.15 bits per heavy atom. The van der Waals surface area contributed by atoms with Gasteiger partial charge in [-0.25, -0.2) is 4.79 Å². The van der Waals surface area contributed by atoms with E-state index in [2.05, 4.69) is 5.32 Å². The first-order chi connectivity index (χ1) is 12.4. The maximum absolute atomic E-state index is 12.2. The third kappa shape index (κ3) is 5.03. The van der Waals surface area contributed by atoms with Crippen LogP contribution in [0.4, 0.5) is 5.69 Å². The number of esters is 1. The number of hydrogen-bond acceptors (Lipinski definition) is 6. The van der Waals surface area contributed by atoms with Crippen LogP contribution in [0.1, 0.15) is 15.9 Å². The molecular formula is C18H19ClN2O5. The van der Waals surface area contributed by atoms with Gasteiger partial charge in [-0.15, -0.1) is 0 Å². The molecule has 2 aromatic rings. The summed E-state index contributed by atoms with van der Waals surface area (Å²) in [7, 11) is 2.95. The number of nitrogens with one attached hydrogen (secondary N) is 1. The van der Waals surface area contributed by atoms with Crippen LogP contribution in [0.5, 0.6) is 11.5 Å². The average Bonchev–Trinajstić information content (AvgIpc) is 2.66.